The molecule has 0 bridgehead atoms. The molecule has 0 aromatic carbocycles. The van der Waals surface area contributed by atoms with Gasteiger partial charge in [0.15, 0.2) is 0 Å². The van der Waals surface area contributed by atoms with E-state index in [1.807, 2.05) is 24.1 Å². The molecule has 0 atom stereocenters. The number of aliphatic hydroxyl groups is 1. The van der Waals surface area contributed by atoms with Crippen molar-refractivity contribution in [3.8, 4) is 0 Å². The Balaban J connectivity index is 1.79. The fraction of sp³-hybridized carbons (Fsp3) is 0.769. The molecule has 3 heteroatoms. The van der Waals surface area contributed by atoms with Gasteiger partial charge in [-0.2, -0.15) is 5.10 Å². The molecule has 0 unspecified atom stereocenters. The molecule has 0 aliphatic heterocycles. The zero-order valence-electron chi connectivity index (χ0n) is 10.5. The van der Waals surface area contributed by atoms with Crippen LogP contribution in [-0.2, 0) is 13.5 Å². The summed E-state index contributed by atoms with van der Waals surface area (Å²) in [7, 11) is 1.93. The largest absolute Gasteiger partial charge is 0.390 e. The highest BCUT2D eigenvalue weighted by atomic mass is 16.3. The molecule has 0 spiro atoms. The second-order valence-corrected chi connectivity index (χ2v) is 5.66. The van der Waals surface area contributed by atoms with Crippen LogP contribution < -0.4 is 0 Å². The van der Waals surface area contributed by atoms with Gasteiger partial charge in [0.25, 0.3) is 0 Å². The number of rotatable bonds is 4. The minimum absolute atomic E-state index is 0.398. The van der Waals surface area contributed by atoms with Gasteiger partial charge in [0.1, 0.15) is 0 Å². The van der Waals surface area contributed by atoms with Crippen molar-refractivity contribution in [3.05, 3.63) is 18.0 Å². The van der Waals surface area contributed by atoms with Crippen LogP contribution in [0, 0.1) is 11.8 Å². The topological polar surface area (TPSA) is 38.1 Å². The fourth-order valence-electron chi connectivity index (χ4n) is 2.57. The third kappa shape index (κ3) is 2.46. The Morgan fingerprint density at radius 2 is 2.25 bits per heavy atom. The maximum absolute atomic E-state index is 10.3. The Morgan fingerprint density at radius 3 is 2.75 bits per heavy atom. The van der Waals surface area contributed by atoms with Crippen molar-refractivity contribution in [1.82, 2.24) is 9.78 Å². The quantitative estimate of drug-likeness (QED) is 0.847. The Bertz CT molecular complexity index is 351. The lowest BCUT2D eigenvalue weighted by Gasteiger charge is -2.46. The summed E-state index contributed by atoms with van der Waals surface area (Å²) in [5, 5.41) is 14.4. The number of aryl methyl sites for hydroxylation is 2. The molecule has 1 N–H and O–H groups in total. The first-order valence-corrected chi connectivity index (χ1v) is 6.18. The van der Waals surface area contributed by atoms with Crippen LogP contribution in [0.1, 0.15) is 38.7 Å². The lowest BCUT2D eigenvalue weighted by Crippen LogP contribution is -2.46. The first-order chi connectivity index (χ1) is 7.48. The van der Waals surface area contributed by atoms with E-state index >= 15 is 0 Å². The van der Waals surface area contributed by atoms with Crippen LogP contribution in [0.25, 0.3) is 0 Å². The van der Waals surface area contributed by atoms with Crippen LogP contribution in [0.3, 0.4) is 0 Å². The van der Waals surface area contributed by atoms with E-state index in [0.29, 0.717) is 5.92 Å². The molecule has 3 nitrogen and oxygen atoms in total. The van der Waals surface area contributed by atoms with Gasteiger partial charge in [-0.15, -0.1) is 0 Å². The smallest absolute Gasteiger partial charge is 0.0656 e. The standard InChI is InChI=1S/C13H22N2O/c1-10(2)12-6-13(16,7-12)5-4-11-8-14-15(3)9-11/h8-10,12,16H,4-7H2,1-3H3. The molecule has 1 aliphatic carbocycles. The molecule has 1 aliphatic rings. The van der Waals surface area contributed by atoms with Gasteiger partial charge in [0, 0.05) is 13.2 Å². The van der Waals surface area contributed by atoms with Crippen molar-refractivity contribution in [2.24, 2.45) is 18.9 Å². The summed E-state index contributed by atoms with van der Waals surface area (Å²) >= 11 is 0. The third-order valence-electron chi connectivity index (χ3n) is 3.86. The van der Waals surface area contributed by atoms with E-state index in [1.54, 1.807) is 0 Å². The monoisotopic (exact) mass is 222 g/mol. The number of nitrogens with zero attached hydrogens (tertiary/aromatic N) is 2. The number of hydrogen-bond donors (Lipinski definition) is 1. The van der Waals surface area contributed by atoms with E-state index in [9.17, 15) is 5.11 Å². The third-order valence-corrected chi connectivity index (χ3v) is 3.86. The zero-order chi connectivity index (χ0) is 11.8. The van der Waals surface area contributed by atoms with Gasteiger partial charge in [-0.05, 0) is 43.1 Å². The Kier molecular flexibility index (Phi) is 3.06. The zero-order valence-corrected chi connectivity index (χ0v) is 10.5. The molecular formula is C13H22N2O. The van der Waals surface area contributed by atoms with E-state index in [1.165, 1.54) is 5.56 Å². The number of hydrogen-bond acceptors (Lipinski definition) is 2. The second kappa shape index (κ2) is 4.21. The van der Waals surface area contributed by atoms with Gasteiger partial charge in [0.05, 0.1) is 11.8 Å². The summed E-state index contributed by atoms with van der Waals surface area (Å²) in [5.74, 6) is 1.43. The molecule has 0 saturated heterocycles. The molecule has 1 heterocycles. The maximum Gasteiger partial charge on any atom is 0.0656 e. The van der Waals surface area contributed by atoms with E-state index in [2.05, 4.69) is 18.9 Å². The highest BCUT2D eigenvalue weighted by Gasteiger charge is 2.42. The van der Waals surface area contributed by atoms with Crippen molar-refractivity contribution in [1.29, 1.82) is 0 Å². The Morgan fingerprint density at radius 1 is 1.56 bits per heavy atom. The summed E-state index contributed by atoms with van der Waals surface area (Å²) in [4.78, 5) is 0. The van der Waals surface area contributed by atoms with Crippen LogP contribution in [0.15, 0.2) is 12.4 Å². The SMILES string of the molecule is CC(C)C1CC(O)(CCc2cnn(C)c2)C1. The van der Waals surface area contributed by atoms with E-state index in [0.717, 1.165) is 31.6 Å². The van der Waals surface area contributed by atoms with Gasteiger partial charge in [-0.25, -0.2) is 0 Å². The highest BCUT2D eigenvalue weighted by molar-refractivity contribution is 5.06. The summed E-state index contributed by atoms with van der Waals surface area (Å²) in [6.45, 7) is 4.48. The van der Waals surface area contributed by atoms with Crippen LogP contribution in [0.4, 0.5) is 0 Å². The molecule has 16 heavy (non-hydrogen) atoms. The first-order valence-electron chi connectivity index (χ1n) is 6.18. The maximum atomic E-state index is 10.3. The minimum atomic E-state index is -0.398. The first kappa shape index (κ1) is 11.6. The van der Waals surface area contributed by atoms with Crippen molar-refractivity contribution in [2.45, 2.75) is 45.1 Å². The van der Waals surface area contributed by atoms with E-state index in [-0.39, 0.29) is 0 Å². The summed E-state index contributed by atoms with van der Waals surface area (Å²) in [6.07, 6.45) is 7.69. The van der Waals surface area contributed by atoms with Crippen LogP contribution in [-0.4, -0.2) is 20.5 Å². The van der Waals surface area contributed by atoms with Gasteiger partial charge < -0.3 is 5.11 Å². The number of aromatic nitrogens is 2. The Labute approximate surface area is 97.5 Å². The molecule has 1 aromatic rings. The lowest BCUT2D eigenvalue weighted by atomic mass is 9.64. The predicted molar refractivity (Wildman–Crippen MR) is 64.0 cm³/mol. The molecule has 0 radical (unpaired) electrons. The van der Waals surface area contributed by atoms with Crippen LogP contribution >= 0.6 is 0 Å². The molecule has 90 valence electrons. The summed E-state index contributed by atoms with van der Waals surface area (Å²) in [6, 6.07) is 0. The Hall–Kier alpha value is -0.830. The van der Waals surface area contributed by atoms with Gasteiger partial charge in [-0.3, -0.25) is 4.68 Å². The van der Waals surface area contributed by atoms with Gasteiger partial charge in [0.2, 0.25) is 0 Å². The second-order valence-electron chi connectivity index (χ2n) is 5.66. The van der Waals surface area contributed by atoms with Crippen molar-refractivity contribution in [2.75, 3.05) is 0 Å². The average Bonchev–Trinajstić information content (AvgIpc) is 2.56. The molecule has 1 fully saturated rings. The van der Waals surface area contributed by atoms with Crippen molar-refractivity contribution in [3.63, 3.8) is 0 Å². The summed E-state index contributed by atoms with van der Waals surface area (Å²) in [5.41, 5.74) is 0.828. The molecule has 1 aromatic heterocycles. The van der Waals surface area contributed by atoms with Crippen molar-refractivity contribution < 1.29 is 5.11 Å². The molecule has 2 rings (SSSR count). The summed E-state index contributed by atoms with van der Waals surface area (Å²) < 4.78 is 1.82. The van der Waals surface area contributed by atoms with E-state index in [4.69, 9.17) is 0 Å². The normalized spacial score (nSPS) is 29.4. The average molecular weight is 222 g/mol. The predicted octanol–water partition coefficient (Wildman–Crippen LogP) is 2.15. The molecular weight excluding hydrogens is 200 g/mol. The molecule has 1 saturated carbocycles. The van der Waals surface area contributed by atoms with Gasteiger partial charge >= 0.3 is 0 Å². The van der Waals surface area contributed by atoms with Crippen molar-refractivity contribution >= 4 is 0 Å². The molecule has 0 amide bonds. The van der Waals surface area contributed by atoms with Gasteiger partial charge in [-0.1, -0.05) is 13.8 Å². The highest BCUT2D eigenvalue weighted by Crippen LogP contribution is 2.44. The van der Waals surface area contributed by atoms with E-state index < -0.39 is 5.60 Å². The fourth-order valence-corrected chi connectivity index (χ4v) is 2.57. The van der Waals surface area contributed by atoms with Crippen LogP contribution in [0.2, 0.25) is 0 Å². The minimum Gasteiger partial charge on any atom is -0.390 e. The lowest BCUT2D eigenvalue weighted by molar-refractivity contribution is -0.0920. The van der Waals surface area contributed by atoms with Crippen LogP contribution in [0.5, 0.6) is 0 Å².